The first kappa shape index (κ1) is 22.6. The van der Waals surface area contributed by atoms with Gasteiger partial charge < -0.3 is 10.4 Å². The zero-order valence-corrected chi connectivity index (χ0v) is 18.1. The Hall–Kier alpha value is -3.09. The molecular formula is C24H31FN4O2. The predicted octanol–water partition coefficient (Wildman–Crippen LogP) is 5.62. The van der Waals surface area contributed by atoms with E-state index in [0.29, 0.717) is 18.8 Å². The van der Waals surface area contributed by atoms with E-state index in [2.05, 4.69) is 41.5 Å². The smallest absolute Gasteiger partial charge is 0.404 e. The summed E-state index contributed by atoms with van der Waals surface area (Å²) in [5, 5.41) is 14.1. The van der Waals surface area contributed by atoms with E-state index in [1.54, 1.807) is 12.3 Å². The van der Waals surface area contributed by atoms with Crippen molar-refractivity contribution in [1.82, 2.24) is 15.0 Å². The monoisotopic (exact) mass is 426 g/mol. The maximum Gasteiger partial charge on any atom is 0.404 e. The summed E-state index contributed by atoms with van der Waals surface area (Å²) in [6.45, 7) is 3.31. The van der Waals surface area contributed by atoms with E-state index in [1.807, 2.05) is 15.9 Å². The topological polar surface area (TPSA) is 70.4 Å². The van der Waals surface area contributed by atoms with Crippen molar-refractivity contribution >= 4 is 22.7 Å². The van der Waals surface area contributed by atoms with E-state index < -0.39 is 6.09 Å². The highest BCUT2D eigenvalue weighted by Gasteiger charge is 2.15. The molecule has 0 radical (unpaired) electrons. The van der Waals surface area contributed by atoms with Gasteiger partial charge in [-0.25, -0.2) is 9.18 Å². The van der Waals surface area contributed by atoms with Crippen molar-refractivity contribution in [2.24, 2.45) is 0 Å². The minimum atomic E-state index is -0.951. The van der Waals surface area contributed by atoms with Gasteiger partial charge in [0.25, 0.3) is 0 Å². The highest BCUT2D eigenvalue weighted by molar-refractivity contribution is 5.81. The standard InChI is InChI=1S/C24H31FN4O2/c1-2-15-28(23-11-14-26-18-21(23)25)29-16-12-20-17-19(9-10-22(20)29)8-6-4-3-5-7-13-27-24(30)31/h9-12,14,16-18,27H,2-8,13,15H2,1H3,(H,30,31). The molecule has 0 unspecified atom stereocenters. The molecule has 0 aliphatic heterocycles. The Balaban J connectivity index is 1.59. The molecule has 166 valence electrons. The molecule has 0 fully saturated rings. The fourth-order valence-electron chi connectivity index (χ4n) is 3.86. The molecule has 31 heavy (non-hydrogen) atoms. The van der Waals surface area contributed by atoms with Crippen molar-refractivity contribution in [2.45, 2.75) is 51.9 Å². The quantitative estimate of drug-likeness (QED) is 0.369. The van der Waals surface area contributed by atoms with Crippen LogP contribution in [0.3, 0.4) is 0 Å². The molecule has 0 bridgehead atoms. The third-order valence-electron chi connectivity index (χ3n) is 5.38. The third kappa shape index (κ3) is 6.20. The Labute approximate surface area is 182 Å². The van der Waals surface area contributed by atoms with Gasteiger partial charge in [0.05, 0.1) is 17.4 Å². The van der Waals surface area contributed by atoms with Gasteiger partial charge in [-0.1, -0.05) is 32.3 Å². The molecule has 0 saturated carbocycles. The zero-order valence-electron chi connectivity index (χ0n) is 18.1. The number of hydrogen-bond acceptors (Lipinski definition) is 3. The van der Waals surface area contributed by atoms with Crippen LogP contribution >= 0.6 is 0 Å². The molecule has 3 aromatic rings. The summed E-state index contributed by atoms with van der Waals surface area (Å²) in [5.74, 6) is -0.326. The Morgan fingerprint density at radius 1 is 1.16 bits per heavy atom. The minimum absolute atomic E-state index is 0.326. The van der Waals surface area contributed by atoms with Gasteiger partial charge in [0.15, 0.2) is 5.82 Å². The average Bonchev–Trinajstić information content (AvgIpc) is 3.17. The van der Waals surface area contributed by atoms with Gasteiger partial charge in [0.2, 0.25) is 0 Å². The summed E-state index contributed by atoms with van der Waals surface area (Å²) in [6.07, 6.45) is 11.1. The fraction of sp³-hybridized carbons (Fsp3) is 0.417. The summed E-state index contributed by atoms with van der Waals surface area (Å²) < 4.78 is 16.4. The first-order valence-electron chi connectivity index (χ1n) is 11.0. The number of carbonyl (C=O) groups is 1. The van der Waals surface area contributed by atoms with E-state index in [9.17, 15) is 9.18 Å². The van der Waals surface area contributed by atoms with Crippen LogP contribution in [0, 0.1) is 5.82 Å². The maximum absolute atomic E-state index is 14.4. The number of unbranched alkanes of at least 4 members (excludes halogenated alkanes) is 4. The SMILES string of the molecule is CCCN(c1ccncc1F)n1ccc2cc(CCCCCCCNC(=O)O)ccc21. The molecule has 2 heterocycles. The zero-order chi connectivity index (χ0) is 22.1. The van der Waals surface area contributed by atoms with Crippen LogP contribution in [0.5, 0.6) is 0 Å². The van der Waals surface area contributed by atoms with Crippen LogP contribution in [0.4, 0.5) is 14.9 Å². The molecule has 0 spiro atoms. The van der Waals surface area contributed by atoms with Crippen molar-refractivity contribution in [3.63, 3.8) is 0 Å². The number of halogens is 1. The van der Waals surface area contributed by atoms with Gasteiger partial charge in [-0.2, -0.15) is 0 Å². The number of anilines is 1. The van der Waals surface area contributed by atoms with Crippen LogP contribution < -0.4 is 10.3 Å². The maximum atomic E-state index is 14.4. The second-order valence-corrected chi connectivity index (χ2v) is 7.75. The number of benzene rings is 1. The van der Waals surface area contributed by atoms with Crippen LogP contribution in [-0.4, -0.2) is 33.9 Å². The number of aromatic nitrogens is 2. The predicted molar refractivity (Wildman–Crippen MR) is 122 cm³/mol. The summed E-state index contributed by atoms with van der Waals surface area (Å²) >= 11 is 0. The molecule has 1 aromatic carbocycles. The molecule has 0 aliphatic rings. The fourth-order valence-corrected chi connectivity index (χ4v) is 3.86. The van der Waals surface area contributed by atoms with Gasteiger partial charge in [-0.3, -0.25) is 14.7 Å². The van der Waals surface area contributed by atoms with Crippen molar-refractivity contribution in [1.29, 1.82) is 0 Å². The number of carboxylic acid groups (broad SMARTS) is 1. The van der Waals surface area contributed by atoms with Crippen molar-refractivity contribution in [2.75, 3.05) is 18.1 Å². The number of nitrogens with zero attached hydrogens (tertiary/aromatic N) is 3. The summed E-state index contributed by atoms with van der Waals surface area (Å²) in [6, 6.07) is 10.3. The number of nitrogens with one attached hydrogen (secondary N) is 1. The van der Waals surface area contributed by atoms with E-state index >= 15 is 0 Å². The summed E-state index contributed by atoms with van der Waals surface area (Å²) in [7, 11) is 0. The van der Waals surface area contributed by atoms with Crippen LogP contribution in [0.25, 0.3) is 10.9 Å². The van der Waals surface area contributed by atoms with Gasteiger partial charge in [0.1, 0.15) is 0 Å². The van der Waals surface area contributed by atoms with Gasteiger partial charge >= 0.3 is 6.09 Å². The molecule has 0 aliphatic carbocycles. The van der Waals surface area contributed by atoms with Crippen molar-refractivity contribution in [3.05, 3.63) is 60.3 Å². The summed E-state index contributed by atoms with van der Waals surface area (Å²) in [5.41, 5.74) is 2.88. The van der Waals surface area contributed by atoms with E-state index in [4.69, 9.17) is 5.11 Å². The van der Waals surface area contributed by atoms with Crippen molar-refractivity contribution in [3.8, 4) is 0 Å². The number of pyridine rings is 1. The molecular weight excluding hydrogens is 395 g/mol. The number of aryl methyl sites for hydroxylation is 1. The van der Waals surface area contributed by atoms with E-state index in [0.717, 1.165) is 55.8 Å². The largest absolute Gasteiger partial charge is 0.465 e. The second kappa shape index (κ2) is 11.3. The molecule has 2 N–H and O–H groups in total. The van der Waals surface area contributed by atoms with Crippen molar-refractivity contribution < 1.29 is 14.3 Å². The Kier molecular flexibility index (Phi) is 8.27. The van der Waals surface area contributed by atoms with Crippen LogP contribution in [-0.2, 0) is 6.42 Å². The van der Waals surface area contributed by atoms with Crippen LogP contribution in [0.15, 0.2) is 48.9 Å². The molecule has 2 aromatic heterocycles. The molecule has 7 heteroatoms. The van der Waals surface area contributed by atoms with Gasteiger partial charge in [0, 0.05) is 30.9 Å². The lowest BCUT2D eigenvalue weighted by Crippen LogP contribution is -2.30. The van der Waals surface area contributed by atoms with E-state index in [-0.39, 0.29) is 5.82 Å². The molecule has 1 amide bonds. The highest BCUT2D eigenvalue weighted by atomic mass is 19.1. The number of amides is 1. The second-order valence-electron chi connectivity index (χ2n) is 7.75. The lowest BCUT2D eigenvalue weighted by molar-refractivity contribution is 0.194. The number of fused-ring (bicyclic) bond motifs is 1. The number of rotatable bonds is 12. The average molecular weight is 427 g/mol. The Morgan fingerprint density at radius 3 is 2.74 bits per heavy atom. The Morgan fingerprint density at radius 2 is 1.97 bits per heavy atom. The first-order chi connectivity index (χ1) is 15.1. The molecule has 6 nitrogen and oxygen atoms in total. The van der Waals surface area contributed by atoms with Crippen LogP contribution in [0.1, 0.15) is 51.0 Å². The minimum Gasteiger partial charge on any atom is -0.465 e. The highest BCUT2D eigenvalue weighted by Crippen LogP contribution is 2.25. The number of hydrogen-bond donors (Lipinski definition) is 2. The lowest BCUT2D eigenvalue weighted by Gasteiger charge is -2.26. The van der Waals surface area contributed by atoms with Gasteiger partial charge in [-0.15, -0.1) is 0 Å². The molecule has 0 atom stereocenters. The summed E-state index contributed by atoms with van der Waals surface area (Å²) in [4.78, 5) is 14.3. The van der Waals surface area contributed by atoms with E-state index in [1.165, 1.54) is 11.8 Å². The molecule has 0 saturated heterocycles. The molecule has 3 rings (SSSR count). The normalized spacial score (nSPS) is 11.0. The van der Waals surface area contributed by atoms with Gasteiger partial charge in [-0.05, 0) is 55.5 Å². The first-order valence-corrected chi connectivity index (χ1v) is 11.0. The third-order valence-corrected chi connectivity index (χ3v) is 5.38. The lowest BCUT2D eigenvalue weighted by atomic mass is 10.0. The van der Waals surface area contributed by atoms with Crippen LogP contribution in [0.2, 0.25) is 0 Å². The Bertz CT molecular complexity index is 989.